The van der Waals surface area contributed by atoms with Gasteiger partial charge in [-0.25, -0.2) is 13.2 Å². The number of aromatic amines is 1. The maximum atomic E-state index is 12.6. The molecule has 0 amide bonds. The fraction of sp³-hybridized carbons (Fsp3) is 0.462. The summed E-state index contributed by atoms with van der Waals surface area (Å²) in [7, 11) is -3.53. The van der Waals surface area contributed by atoms with Crippen LogP contribution in [-0.4, -0.2) is 50.4 Å². The van der Waals surface area contributed by atoms with Crippen LogP contribution in [0.4, 0.5) is 0 Å². The molecule has 0 saturated carbocycles. The number of nitrogens with one attached hydrogen (secondary N) is 2. The molecule has 0 spiro atoms. The number of H-pyrrole nitrogens is 1. The van der Waals surface area contributed by atoms with Crippen LogP contribution in [0.5, 0.6) is 0 Å². The molecule has 1 aliphatic rings. The second kappa shape index (κ2) is 5.28. The van der Waals surface area contributed by atoms with E-state index >= 15 is 0 Å². The minimum absolute atomic E-state index is 0.165. The van der Waals surface area contributed by atoms with Gasteiger partial charge >= 0.3 is 5.76 Å². The van der Waals surface area contributed by atoms with Gasteiger partial charge in [0, 0.05) is 6.07 Å². The number of aromatic nitrogens is 1. The predicted molar refractivity (Wildman–Crippen MR) is 76.8 cm³/mol. The third-order valence-electron chi connectivity index (χ3n) is 3.96. The van der Waals surface area contributed by atoms with Crippen LogP contribution in [-0.2, 0) is 10.0 Å². The molecule has 0 radical (unpaired) electrons. The average molecular weight is 312 g/mol. The lowest BCUT2D eigenvalue weighted by atomic mass is 10.3. The Morgan fingerprint density at radius 3 is 2.71 bits per heavy atom. The quantitative estimate of drug-likeness (QED) is 0.763. The smallest absolute Gasteiger partial charge is 0.408 e. The fourth-order valence-electron chi connectivity index (χ4n) is 2.63. The molecule has 2 N–H and O–H groups in total. The van der Waals surface area contributed by atoms with E-state index in [1.165, 1.54) is 21.3 Å². The molecule has 1 saturated heterocycles. The lowest BCUT2D eigenvalue weighted by molar-refractivity contribution is -0.901. The number of oxazole rings is 1. The Bertz CT molecular complexity index is 800. The molecule has 0 unspecified atom stereocenters. The Hall–Kier alpha value is -1.64. The van der Waals surface area contributed by atoms with E-state index in [4.69, 9.17) is 4.42 Å². The third kappa shape index (κ3) is 2.61. The van der Waals surface area contributed by atoms with Crippen molar-refractivity contribution in [3.8, 4) is 0 Å². The molecular weight excluding hydrogens is 294 g/mol. The summed E-state index contributed by atoms with van der Waals surface area (Å²) in [5, 5.41) is 0. The first-order chi connectivity index (χ1) is 10.0. The summed E-state index contributed by atoms with van der Waals surface area (Å²) >= 11 is 0. The van der Waals surface area contributed by atoms with Gasteiger partial charge in [-0.1, -0.05) is 0 Å². The number of nitrogens with zero attached hydrogens (tertiary/aromatic N) is 1. The van der Waals surface area contributed by atoms with E-state index in [1.54, 1.807) is 6.07 Å². The van der Waals surface area contributed by atoms with Crippen LogP contribution in [0, 0.1) is 0 Å². The van der Waals surface area contributed by atoms with E-state index in [2.05, 4.69) is 11.9 Å². The summed E-state index contributed by atoms with van der Waals surface area (Å²) in [6.45, 7) is 5.77. The van der Waals surface area contributed by atoms with Crippen molar-refractivity contribution in [2.24, 2.45) is 0 Å². The number of hydrogen-bond donors (Lipinski definition) is 2. The van der Waals surface area contributed by atoms with Crippen LogP contribution in [0.1, 0.15) is 6.92 Å². The van der Waals surface area contributed by atoms with E-state index in [1.807, 2.05) is 0 Å². The molecule has 1 aromatic carbocycles. The molecule has 7 nitrogen and oxygen atoms in total. The van der Waals surface area contributed by atoms with Crippen LogP contribution in [0.25, 0.3) is 11.1 Å². The largest absolute Gasteiger partial charge is 0.417 e. The zero-order valence-electron chi connectivity index (χ0n) is 11.8. The van der Waals surface area contributed by atoms with E-state index in [0.717, 1.165) is 19.6 Å². The van der Waals surface area contributed by atoms with Gasteiger partial charge in [-0.05, 0) is 19.1 Å². The predicted octanol–water partition coefficient (Wildman–Crippen LogP) is -0.970. The summed E-state index contributed by atoms with van der Waals surface area (Å²) in [4.78, 5) is 15.2. The Labute approximate surface area is 122 Å². The first kappa shape index (κ1) is 14.3. The van der Waals surface area contributed by atoms with Gasteiger partial charge in [0.1, 0.15) is 0 Å². The molecule has 0 aliphatic carbocycles. The summed E-state index contributed by atoms with van der Waals surface area (Å²) < 4.78 is 31.7. The standard InChI is InChI=1S/C13H17N3O4S/c1-2-15-5-7-16(8-6-15)21(18,19)10-3-4-11-12(9-10)20-13(17)14-11/h3-4,9H,2,5-8H2,1H3,(H,14,17)/p+1. The van der Waals surface area contributed by atoms with Crippen molar-refractivity contribution in [2.45, 2.75) is 11.8 Å². The monoisotopic (exact) mass is 312 g/mol. The molecule has 2 aromatic rings. The molecule has 114 valence electrons. The van der Waals surface area contributed by atoms with Crippen LogP contribution in [0.2, 0.25) is 0 Å². The maximum absolute atomic E-state index is 12.6. The van der Waals surface area contributed by atoms with E-state index in [-0.39, 0.29) is 10.5 Å². The molecule has 8 heteroatoms. The van der Waals surface area contributed by atoms with Gasteiger partial charge in [0.15, 0.2) is 5.58 Å². The number of likely N-dealkylation sites (N-methyl/N-ethyl adjacent to an activating group) is 1. The Balaban J connectivity index is 1.91. The van der Waals surface area contributed by atoms with Gasteiger partial charge in [-0.3, -0.25) is 4.98 Å². The highest BCUT2D eigenvalue weighted by atomic mass is 32.2. The Morgan fingerprint density at radius 2 is 2.05 bits per heavy atom. The molecule has 1 aliphatic heterocycles. The highest BCUT2D eigenvalue weighted by Crippen LogP contribution is 2.20. The summed E-state index contributed by atoms with van der Waals surface area (Å²) in [5.41, 5.74) is 0.762. The zero-order valence-corrected chi connectivity index (χ0v) is 12.6. The zero-order chi connectivity index (χ0) is 15.0. The lowest BCUT2D eigenvalue weighted by Gasteiger charge is -2.30. The molecule has 3 rings (SSSR count). The molecule has 0 atom stereocenters. The van der Waals surface area contributed by atoms with Gasteiger partial charge < -0.3 is 9.32 Å². The van der Waals surface area contributed by atoms with Crippen molar-refractivity contribution in [1.29, 1.82) is 0 Å². The fourth-order valence-corrected chi connectivity index (χ4v) is 4.09. The highest BCUT2D eigenvalue weighted by molar-refractivity contribution is 7.89. The first-order valence-electron chi connectivity index (χ1n) is 6.97. The van der Waals surface area contributed by atoms with E-state index in [9.17, 15) is 13.2 Å². The summed E-state index contributed by atoms with van der Waals surface area (Å²) in [6.07, 6.45) is 0. The molecular formula is C13H18N3O4S+. The minimum Gasteiger partial charge on any atom is -0.408 e. The van der Waals surface area contributed by atoms with Gasteiger partial charge in [-0.15, -0.1) is 0 Å². The van der Waals surface area contributed by atoms with E-state index in [0.29, 0.717) is 18.6 Å². The minimum atomic E-state index is -3.53. The van der Waals surface area contributed by atoms with Gasteiger partial charge in [-0.2, -0.15) is 4.31 Å². The second-order valence-corrected chi connectivity index (χ2v) is 7.12. The maximum Gasteiger partial charge on any atom is 0.417 e. The Kier molecular flexibility index (Phi) is 3.60. The second-order valence-electron chi connectivity index (χ2n) is 5.18. The normalized spacial score (nSPS) is 18.3. The lowest BCUT2D eigenvalue weighted by Crippen LogP contribution is -3.14. The summed E-state index contributed by atoms with van der Waals surface area (Å²) in [5.74, 6) is -0.584. The van der Waals surface area contributed by atoms with Crippen molar-refractivity contribution < 1.29 is 17.7 Å². The van der Waals surface area contributed by atoms with Crippen LogP contribution in [0.3, 0.4) is 0 Å². The first-order valence-corrected chi connectivity index (χ1v) is 8.41. The topological polar surface area (TPSA) is 87.8 Å². The van der Waals surface area contributed by atoms with Gasteiger partial charge in [0.05, 0.1) is 43.1 Å². The van der Waals surface area contributed by atoms with Crippen LogP contribution in [0.15, 0.2) is 32.3 Å². The number of quaternary nitrogens is 1. The van der Waals surface area contributed by atoms with Gasteiger partial charge in [0.2, 0.25) is 10.0 Å². The number of hydrogen-bond acceptors (Lipinski definition) is 4. The average Bonchev–Trinajstić information content (AvgIpc) is 2.86. The molecule has 1 aromatic heterocycles. The van der Waals surface area contributed by atoms with E-state index < -0.39 is 15.8 Å². The molecule has 0 bridgehead atoms. The summed E-state index contributed by atoms with van der Waals surface area (Å²) in [6, 6.07) is 4.46. The van der Waals surface area contributed by atoms with Crippen molar-refractivity contribution in [3.63, 3.8) is 0 Å². The van der Waals surface area contributed by atoms with Gasteiger partial charge in [0.25, 0.3) is 0 Å². The number of fused-ring (bicyclic) bond motifs is 1. The molecule has 2 heterocycles. The number of benzene rings is 1. The third-order valence-corrected chi connectivity index (χ3v) is 5.85. The van der Waals surface area contributed by atoms with Crippen molar-refractivity contribution in [1.82, 2.24) is 9.29 Å². The SMILES string of the molecule is CC[NH+]1CCN(S(=O)(=O)c2ccc3[nH]c(=O)oc3c2)CC1. The molecule has 21 heavy (non-hydrogen) atoms. The Morgan fingerprint density at radius 1 is 1.33 bits per heavy atom. The van der Waals surface area contributed by atoms with Crippen molar-refractivity contribution in [2.75, 3.05) is 32.7 Å². The number of sulfonamides is 1. The van der Waals surface area contributed by atoms with Crippen LogP contribution >= 0.6 is 0 Å². The van der Waals surface area contributed by atoms with Crippen molar-refractivity contribution >= 4 is 21.1 Å². The molecule has 1 fully saturated rings. The van der Waals surface area contributed by atoms with Crippen LogP contribution < -0.4 is 10.7 Å². The highest BCUT2D eigenvalue weighted by Gasteiger charge is 2.30. The number of rotatable bonds is 3. The number of piperazine rings is 1. The van der Waals surface area contributed by atoms with Crippen molar-refractivity contribution in [3.05, 3.63) is 28.7 Å².